The fraction of sp³-hybridized carbons (Fsp3) is 0.346. The highest BCUT2D eigenvalue weighted by Gasteiger charge is 2.21. The monoisotopic (exact) mass is 473 g/mol. The third-order valence-corrected chi connectivity index (χ3v) is 5.69. The number of hydrogen-bond acceptors (Lipinski definition) is 8. The molecular weight excluding hydrogens is 442 g/mol. The zero-order chi connectivity index (χ0) is 24.5. The molecule has 0 radical (unpaired) electrons. The Hall–Kier alpha value is -3.85. The molecule has 4 rings (SSSR count). The smallest absolute Gasteiger partial charge is 0.245 e. The fourth-order valence-corrected chi connectivity index (χ4v) is 3.98. The molecule has 3 heterocycles. The van der Waals surface area contributed by atoms with Crippen molar-refractivity contribution in [2.75, 3.05) is 41.9 Å². The Labute approximate surface area is 205 Å². The third kappa shape index (κ3) is 6.83. The molecule has 0 bridgehead atoms. The third-order valence-electron chi connectivity index (χ3n) is 5.69. The Morgan fingerprint density at radius 2 is 2.06 bits per heavy atom. The van der Waals surface area contributed by atoms with E-state index in [2.05, 4.69) is 38.7 Å². The van der Waals surface area contributed by atoms with E-state index in [1.54, 1.807) is 24.7 Å². The molecule has 182 valence electrons. The second-order valence-electron chi connectivity index (χ2n) is 8.32. The first kappa shape index (κ1) is 24.3. The molecule has 9 heteroatoms. The normalized spacial score (nSPS) is 13.7. The Balaban J connectivity index is 1.54. The molecule has 0 atom stereocenters. The maximum absolute atomic E-state index is 12.6. The summed E-state index contributed by atoms with van der Waals surface area (Å²) >= 11 is 0. The predicted molar refractivity (Wildman–Crippen MR) is 138 cm³/mol. The van der Waals surface area contributed by atoms with Gasteiger partial charge in [0.05, 0.1) is 37.0 Å². The molecule has 0 unspecified atom stereocenters. The second kappa shape index (κ2) is 12.0. The van der Waals surface area contributed by atoms with E-state index in [1.807, 2.05) is 31.2 Å². The van der Waals surface area contributed by atoms with Crippen molar-refractivity contribution in [2.24, 2.45) is 5.10 Å². The summed E-state index contributed by atoms with van der Waals surface area (Å²) in [6, 6.07) is 11.7. The van der Waals surface area contributed by atoms with Crippen molar-refractivity contribution in [1.82, 2.24) is 15.0 Å². The molecule has 9 nitrogen and oxygen atoms in total. The fourth-order valence-electron chi connectivity index (χ4n) is 3.98. The van der Waals surface area contributed by atoms with Gasteiger partial charge in [-0.2, -0.15) is 10.1 Å². The number of nitrogens with zero attached hydrogens (tertiary/aromatic N) is 5. The SMILES string of the molecule is CCc1c(CCC(=O)Nc2cccnc2)nc(N/N=C/c2cccc(C)c2)nc1N1CCOCC1. The number of pyridine rings is 1. The molecule has 1 amide bonds. The van der Waals surface area contributed by atoms with Gasteiger partial charge in [0, 0.05) is 31.3 Å². The number of carbonyl (C=O) groups is 1. The van der Waals surface area contributed by atoms with Gasteiger partial charge in [-0.05, 0) is 37.5 Å². The number of ether oxygens (including phenoxy) is 1. The average molecular weight is 474 g/mol. The summed E-state index contributed by atoms with van der Waals surface area (Å²) < 4.78 is 5.53. The Bertz CT molecular complexity index is 1160. The lowest BCUT2D eigenvalue weighted by atomic mass is 10.1. The summed E-state index contributed by atoms with van der Waals surface area (Å²) in [6.07, 6.45) is 6.61. The zero-order valence-electron chi connectivity index (χ0n) is 20.2. The number of anilines is 3. The van der Waals surface area contributed by atoms with Crippen molar-refractivity contribution in [1.29, 1.82) is 0 Å². The van der Waals surface area contributed by atoms with Crippen molar-refractivity contribution < 1.29 is 9.53 Å². The molecule has 1 aliphatic rings. The van der Waals surface area contributed by atoms with Crippen LogP contribution in [-0.2, 0) is 22.4 Å². The molecule has 1 aliphatic heterocycles. The van der Waals surface area contributed by atoms with Crippen LogP contribution in [-0.4, -0.2) is 53.4 Å². The van der Waals surface area contributed by atoms with Crippen LogP contribution in [0.15, 0.2) is 53.9 Å². The van der Waals surface area contributed by atoms with Crippen molar-refractivity contribution in [3.05, 3.63) is 71.2 Å². The Morgan fingerprint density at radius 1 is 1.20 bits per heavy atom. The molecule has 1 saturated heterocycles. The van der Waals surface area contributed by atoms with Crippen molar-refractivity contribution in [2.45, 2.75) is 33.1 Å². The molecule has 2 aromatic heterocycles. The Kier molecular flexibility index (Phi) is 8.34. The van der Waals surface area contributed by atoms with Gasteiger partial charge in [0.2, 0.25) is 11.9 Å². The summed E-state index contributed by atoms with van der Waals surface area (Å²) in [7, 11) is 0. The zero-order valence-corrected chi connectivity index (χ0v) is 20.2. The number of rotatable bonds is 9. The molecule has 0 aliphatic carbocycles. The van der Waals surface area contributed by atoms with E-state index in [-0.39, 0.29) is 5.91 Å². The highest BCUT2D eigenvalue weighted by Crippen LogP contribution is 2.25. The number of hydrazone groups is 1. The number of carbonyl (C=O) groups excluding carboxylic acids is 1. The number of hydrogen-bond donors (Lipinski definition) is 2. The standard InChI is InChI=1S/C26H31N7O2/c1-3-22-23(9-10-24(34)29-21-8-5-11-27-18-21)30-26(31-25(22)33-12-14-35-15-13-33)32-28-17-20-7-4-6-19(2)16-20/h4-8,11,16-18H,3,9-10,12-15H2,1-2H3,(H,29,34)(H,30,31,32)/b28-17+. The van der Waals surface area contributed by atoms with Gasteiger partial charge in [-0.15, -0.1) is 0 Å². The largest absolute Gasteiger partial charge is 0.378 e. The van der Waals surface area contributed by atoms with E-state index in [0.29, 0.717) is 37.7 Å². The van der Waals surface area contributed by atoms with Crippen LogP contribution in [0.5, 0.6) is 0 Å². The topological polar surface area (TPSA) is 105 Å². The highest BCUT2D eigenvalue weighted by atomic mass is 16.5. The summed E-state index contributed by atoms with van der Waals surface area (Å²) in [5.74, 6) is 1.20. The first-order valence-corrected chi connectivity index (χ1v) is 11.9. The molecule has 3 aromatic rings. The van der Waals surface area contributed by atoms with Gasteiger partial charge in [0.15, 0.2) is 0 Å². The minimum Gasteiger partial charge on any atom is -0.378 e. The minimum atomic E-state index is -0.0847. The number of nitrogens with one attached hydrogen (secondary N) is 2. The van der Waals surface area contributed by atoms with E-state index in [1.165, 1.54) is 5.56 Å². The van der Waals surface area contributed by atoms with Crippen LogP contribution in [0.25, 0.3) is 0 Å². The van der Waals surface area contributed by atoms with Gasteiger partial charge in [0.25, 0.3) is 0 Å². The average Bonchev–Trinajstić information content (AvgIpc) is 2.88. The van der Waals surface area contributed by atoms with Crippen molar-refractivity contribution >= 4 is 29.6 Å². The summed E-state index contributed by atoms with van der Waals surface area (Å²) in [4.78, 5) is 28.4. The van der Waals surface area contributed by atoms with Crippen LogP contribution < -0.4 is 15.6 Å². The molecular formula is C26H31N7O2. The minimum absolute atomic E-state index is 0.0847. The number of aryl methyl sites for hydroxylation is 2. The number of aromatic nitrogens is 3. The lowest BCUT2D eigenvalue weighted by molar-refractivity contribution is -0.116. The lowest BCUT2D eigenvalue weighted by Gasteiger charge is -2.30. The van der Waals surface area contributed by atoms with E-state index < -0.39 is 0 Å². The van der Waals surface area contributed by atoms with Gasteiger partial charge in [-0.3, -0.25) is 9.78 Å². The molecule has 35 heavy (non-hydrogen) atoms. The molecule has 1 aromatic carbocycles. The quantitative estimate of drug-likeness (QED) is 0.361. The van der Waals surface area contributed by atoms with E-state index in [9.17, 15) is 4.79 Å². The van der Waals surface area contributed by atoms with Crippen LogP contribution in [0.4, 0.5) is 17.5 Å². The number of benzene rings is 1. The maximum Gasteiger partial charge on any atom is 0.245 e. The molecule has 1 fully saturated rings. The van der Waals surface area contributed by atoms with Crippen molar-refractivity contribution in [3.8, 4) is 0 Å². The van der Waals surface area contributed by atoms with E-state index >= 15 is 0 Å². The van der Waals surface area contributed by atoms with Gasteiger partial charge in [-0.1, -0.05) is 36.8 Å². The van der Waals surface area contributed by atoms with Gasteiger partial charge in [0.1, 0.15) is 5.82 Å². The van der Waals surface area contributed by atoms with Crippen LogP contribution in [0.1, 0.15) is 35.7 Å². The summed E-state index contributed by atoms with van der Waals surface area (Å²) in [5.41, 5.74) is 7.72. The summed E-state index contributed by atoms with van der Waals surface area (Å²) in [6.45, 7) is 6.97. The Morgan fingerprint density at radius 3 is 2.80 bits per heavy atom. The molecule has 0 saturated carbocycles. The van der Waals surface area contributed by atoms with Crippen LogP contribution in [0.3, 0.4) is 0 Å². The van der Waals surface area contributed by atoms with Gasteiger partial charge < -0.3 is 15.0 Å². The van der Waals surface area contributed by atoms with Crippen LogP contribution >= 0.6 is 0 Å². The van der Waals surface area contributed by atoms with E-state index in [4.69, 9.17) is 14.7 Å². The second-order valence-corrected chi connectivity index (χ2v) is 8.32. The summed E-state index contributed by atoms with van der Waals surface area (Å²) in [5, 5.41) is 7.25. The first-order valence-electron chi connectivity index (χ1n) is 11.9. The molecule has 2 N–H and O–H groups in total. The number of morpholine rings is 1. The lowest BCUT2D eigenvalue weighted by Crippen LogP contribution is -2.37. The maximum atomic E-state index is 12.6. The van der Waals surface area contributed by atoms with Gasteiger partial charge >= 0.3 is 0 Å². The van der Waals surface area contributed by atoms with Gasteiger partial charge in [-0.25, -0.2) is 10.4 Å². The highest BCUT2D eigenvalue weighted by molar-refractivity contribution is 5.90. The van der Waals surface area contributed by atoms with E-state index in [0.717, 1.165) is 42.1 Å². The molecule has 0 spiro atoms. The predicted octanol–water partition coefficient (Wildman–Crippen LogP) is 3.60. The first-order chi connectivity index (χ1) is 17.1. The van der Waals surface area contributed by atoms with Crippen LogP contribution in [0.2, 0.25) is 0 Å². The van der Waals surface area contributed by atoms with Crippen molar-refractivity contribution in [3.63, 3.8) is 0 Å². The number of amides is 1. The van der Waals surface area contributed by atoms with Crippen LogP contribution in [0, 0.1) is 6.92 Å².